The highest BCUT2D eigenvalue weighted by Crippen LogP contribution is 2.27. The Kier molecular flexibility index (Phi) is 6.92. The quantitative estimate of drug-likeness (QED) is 0.356. The first kappa shape index (κ1) is 24.4. The zero-order chi connectivity index (χ0) is 25.9. The first-order chi connectivity index (χ1) is 18.6. The maximum absolute atomic E-state index is 12.9. The number of anilines is 2. The zero-order valence-corrected chi connectivity index (χ0v) is 21.5. The van der Waals surface area contributed by atoms with E-state index in [-0.39, 0.29) is 18.0 Å². The summed E-state index contributed by atoms with van der Waals surface area (Å²) in [6.07, 6.45) is 7.53. The van der Waals surface area contributed by atoms with Gasteiger partial charge in [0, 0.05) is 42.5 Å². The number of hydrogen-bond acceptors (Lipinski definition) is 7. The summed E-state index contributed by atoms with van der Waals surface area (Å²) in [5.41, 5.74) is 9.37. The van der Waals surface area contributed by atoms with Gasteiger partial charge in [-0.3, -0.25) is 9.36 Å². The molecule has 9 nitrogen and oxygen atoms in total. The van der Waals surface area contributed by atoms with E-state index in [1.54, 1.807) is 0 Å². The maximum Gasteiger partial charge on any atom is 0.253 e. The number of hydrogen-bond donors (Lipinski definition) is 3. The molecular weight excluding hydrogens is 476 g/mol. The van der Waals surface area contributed by atoms with E-state index >= 15 is 0 Å². The van der Waals surface area contributed by atoms with E-state index in [9.17, 15) is 4.79 Å². The van der Waals surface area contributed by atoms with Gasteiger partial charge in [0.25, 0.3) is 5.91 Å². The van der Waals surface area contributed by atoms with Crippen LogP contribution in [0.25, 0.3) is 16.9 Å². The van der Waals surface area contributed by atoms with Crippen molar-refractivity contribution in [2.75, 3.05) is 23.7 Å². The van der Waals surface area contributed by atoms with E-state index in [1.165, 1.54) is 0 Å². The van der Waals surface area contributed by atoms with Gasteiger partial charge in [-0.25, -0.2) is 4.98 Å². The molecular formula is C29H34N8O. The molecule has 0 radical (unpaired) electrons. The average molecular weight is 511 g/mol. The molecule has 38 heavy (non-hydrogen) atoms. The largest absolute Gasteiger partial charge is 0.365 e. The van der Waals surface area contributed by atoms with Crippen LogP contribution < -0.4 is 16.4 Å². The number of benzene rings is 2. The fourth-order valence-corrected chi connectivity index (χ4v) is 5.47. The summed E-state index contributed by atoms with van der Waals surface area (Å²) in [5.74, 6) is 1.43. The van der Waals surface area contributed by atoms with Gasteiger partial charge in [-0.15, -0.1) is 0 Å². The molecule has 1 amide bonds. The van der Waals surface area contributed by atoms with Crippen LogP contribution in [0.1, 0.15) is 48.9 Å². The molecule has 3 heterocycles. The van der Waals surface area contributed by atoms with Gasteiger partial charge in [-0.1, -0.05) is 36.4 Å². The van der Waals surface area contributed by atoms with E-state index < -0.39 is 0 Å². The van der Waals surface area contributed by atoms with E-state index in [0.29, 0.717) is 25.1 Å². The van der Waals surface area contributed by atoms with Crippen LogP contribution in [0.15, 0.2) is 67.0 Å². The molecule has 2 aromatic carbocycles. The summed E-state index contributed by atoms with van der Waals surface area (Å²) in [7, 11) is 0. The van der Waals surface area contributed by atoms with E-state index in [0.717, 1.165) is 66.8 Å². The van der Waals surface area contributed by atoms with Crippen LogP contribution in [0.2, 0.25) is 0 Å². The number of carbonyl (C=O) groups is 1. The number of nitrogens with two attached hydrogens (primary N) is 1. The molecule has 0 atom stereocenters. The van der Waals surface area contributed by atoms with Crippen LogP contribution in [0.4, 0.5) is 11.8 Å². The predicted molar refractivity (Wildman–Crippen MR) is 150 cm³/mol. The second-order valence-corrected chi connectivity index (χ2v) is 10.4. The van der Waals surface area contributed by atoms with Gasteiger partial charge in [0.05, 0.1) is 0 Å². The molecule has 1 aliphatic heterocycles. The van der Waals surface area contributed by atoms with E-state index in [1.807, 2.05) is 76.5 Å². The fourth-order valence-electron chi connectivity index (χ4n) is 5.47. The van der Waals surface area contributed by atoms with E-state index in [4.69, 9.17) is 20.7 Å². The molecule has 4 aromatic rings. The lowest BCUT2D eigenvalue weighted by atomic mass is 9.92. The lowest BCUT2D eigenvalue weighted by molar-refractivity contribution is 0.0718. The fraction of sp³-hybridized carbons (Fsp3) is 0.379. The molecule has 1 aliphatic carbocycles. The number of rotatable bonds is 6. The van der Waals surface area contributed by atoms with Crippen LogP contribution in [-0.4, -0.2) is 61.5 Å². The van der Waals surface area contributed by atoms with Crippen LogP contribution >= 0.6 is 0 Å². The standard InChI is InChI=1S/C29H34N8O/c30-21-11-13-22(14-12-21)33-29-34-26(25-27(35-29)37(19-31-25)24-9-5-2-6-10-24)32-23-15-17-36(18-16-23)28(38)20-7-3-1-4-8-20/h1-10,19,21-23H,11-18,30H2,(H2,32,33,34,35). The Hall–Kier alpha value is -3.98. The number of carbonyl (C=O) groups excluding carboxylic acids is 1. The third kappa shape index (κ3) is 5.19. The van der Waals surface area contributed by atoms with Crippen molar-refractivity contribution in [3.63, 3.8) is 0 Å². The number of aromatic nitrogens is 4. The predicted octanol–water partition coefficient (Wildman–Crippen LogP) is 4.21. The Morgan fingerprint density at radius 3 is 2.18 bits per heavy atom. The molecule has 1 saturated heterocycles. The molecule has 0 unspecified atom stereocenters. The molecule has 2 aromatic heterocycles. The van der Waals surface area contributed by atoms with Crippen LogP contribution in [0.3, 0.4) is 0 Å². The summed E-state index contributed by atoms with van der Waals surface area (Å²) in [6.45, 7) is 1.40. The highest BCUT2D eigenvalue weighted by Gasteiger charge is 2.26. The minimum Gasteiger partial charge on any atom is -0.365 e. The van der Waals surface area contributed by atoms with Crippen LogP contribution in [0.5, 0.6) is 0 Å². The Morgan fingerprint density at radius 1 is 0.816 bits per heavy atom. The summed E-state index contributed by atoms with van der Waals surface area (Å²) < 4.78 is 2.01. The molecule has 1 saturated carbocycles. The first-order valence-corrected chi connectivity index (χ1v) is 13.6. The second kappa shape index (κ2) is 10.8. The summed E-state index contributed by atoms with van der Waals surface area (Å²) >= 11 is 0. The number of fused-ring (bicyclic) bond motifs is 1. The second-order valence-electron chi connectivity index (χ2n) is 10.4. The van der Waals surface area contributed by atoms with Crippen molar-refractivity contribution in [1.29, 1.82) is 0 Å². The Morgan fingerprint density at radius 2 is 1.47 bits per heavy atom. The van der Waals surface area contributed by atoms with Crippen LogP contribution in [0, 0.1) is 0 Å². The van der Waals surface area contributed by atoms with Gasteiger partial charge in [-0.2, -0.15) is 9.97 Å². The molecule has 2 fully saturated rings. The lowest BCUT2D eigenvalue weighted by Gasteiger charge is -2.33. The summed E-state index contributed by atoms with van der Waals surface area (Å²) in [6, 6.07) is 20.4. The number of amides is 1. The molecule has 0 spiro atoms. The SMILES string of the molecule is NC1CCC(Nc2nc(NC3CCN(C(=O)c4ccccc4)CC3)c3ncn(-c4ccccc4)c3n2)CC1. The minimum atomic E-state index is 0.0915. The molecule has 2 aliphatic rings. The highest BCUT2D eigenvalue weighted by molar-refractivity contribution is 5.94. The van der Waals surface area contributed by atoms with Crippen molar-refractivity contribution in [3.8, 4) is 5.69 Å². The molecule has 4 N–H and O–H groups in total. The molecule has 9 heteroatoms. The number of imidazole rings is 1. The minimum absolute atomic E-state index is 0.0915. The normalized spacial score (nSPS) is 20.4. The molecule has 0 bridgehead atoms. The van der Waals surface area contributed by atoms with Gasteiger partial charge in [0.1, 0.15) is 6.33 Å². The Balaban J connectivity index is 1.23. The van der Waals surface area contributed by atoms with Gasteiger partial charge in [0.2, 0.25) is 5.95 Å². The third-order valence-electron chi connectivity index (χ3n) is 7.68. The molecule has 6 rings (SSSR count). The van der Waals surface area contributed by atoms with Crippen molar-refractivity contribution < 1.29 is 4.79 Å². The monoisotopic (exact) mass is 510 g/mol. The molecule has 196 valence electrons. The highest BCUT2D eigenvalue weighted by atomic mass is 16.2. The van der Waals surface area contributed by atoms with Crippen LogP contribution in [-0.2, 0) is 0 Å². The summed E-state index contributed by atoms with van der Waals surface area (Å²) in [5, 5.41) is 7.22. The smallest absolute Gasteiger partial charge is 0.253 e. The number of likely N-dealkylation sites (tertiary alicyclic amines) is 1. The van der Waals surface area contributed by atoms with Crippen molar-refractivity contribution in [3.05, 3.63) is 72.6 Å². The summed E-state index contributed by atoms with van der Waals surface area (Å²) in [4.78, 5) is 29.3. The van der Waals surface area contributed by atoms with Crippen molar-refractivity contribution in [2.24, 2.45) is 5.73 Å². The number of nitrogens with zero attached hydrogens (tertiary/aromatic N) is 5. The number of nitrogens with one attached hydrogen (secondary N) is 2. The van der Waals surface area contributed by atoms with Crippen molar-refractivity contribution in [2.45, 2.75) is 56.7 Å². The van der Waals surface area contributed by atoms with E-state index in [2.05, 4.69) is 10.6 Å². The number of piperidine rings is 1. The van der Waals surface area contributed by atoms with Gasteiger partial charge < -0.3 is 21.3 Å². The Bertz CT molecular complexity index is 1370. The maximum atomic E-state index is 12.9. The van der Waals surface area contributed by atoms with Crippen molar-refractivity contribution >= 4 is 28.8 Å². The average Bonchev–Trinajstić information content (AvgIpc) is 3.40. The Labute approximate surface area is 222 Å². The van der Waals surface area contributed by atoms with Gasteiger partial charge in [-0.05, 0) is 62.8 Å². The third-order valence-corrected chi connectivity index (χ3v) is 7.68. The van der Waals surface area contributed by atoms with Crippen molar-refractivity contribution in [1.82, 2.24) is 24.4 Å². The van der Waals surface area contributed by atoms with Gasteiger partial charge >= 0.3 is 0 Å². The topological polar surface area (TPSA) is 114 Å². The lowest BCUT2D eigenvalue weighted by Crippen LogP contribution is -2.42. The zero-order valence-electron chi connectivity index (χ0n) is 21.5. The first-order valence-electron chi connectivity index (χ1n) is 13.6. The number of para-hydroxylation sites is 1. The van der Waals surface area contributed by atoms with Gasteiger partial charge in [0.15, 0.2) is 17.0 Å².